The van der Waals surface area contributed by atoms with Gasteiger partial charge in [-0.15, -0.1) is 12.4 Å². The second-order valence-corrected chi connectivity index (χ2v) is 6.44. The van der Waals surface area contributed by atoms with E-state index < -0.39 is 11.6 Å². The molecule has 0 saturated carbocycles. The zero-order chi connectivity index (χ0) is 18.5. The SMILES string of the molecule is COc1cccc(C(C)NCC2CN(c3ccc(F)cc3F)CCO2)c1.Cl. The Morgan fingerprint density at radius 2 is 2.07 bits per heavy atom. The normalized spacial score (nSPS) is 17.9. The quantitative estimate of drug-likeness (QED) is 0.798. The molecule has 2 aromatic carbocycles. The van der Waals surface area contributed by atoms with Crippen molar-refractivity contribution in [3.63, 3.8) is 0 Å². The number of ether oxygens (including phenoxy) is 2. The highest BCUT2D eigenvalue weighted by Crippen LogP contribution is 2.23. The van der Waals surface area contributed by atoms with Gasteiger partial charge >= 0.3 is 0 Å². The van der Waals surface area contributed by atoms with Crippen molar-refractivity contribution in [2.24, 2.45) is 0 Å². The third-order valence-electron chi connectivity index (χ3n) is 4.63. The number of morpholine rings is 1. The molecule has 0 aliphatic carbocycles. The molecule has 0 amide bonds. The molecule has 0 aromatic heterocycles. The summed E-state index contributed by atoms with van der Waals surface area (Å²) >= 11 is 0. The second kappa shape index (κ2) is 9.88. The molecule has 1 aliphatic heterocycles. The summed E-state index contributed by atoms with van der Waals surface area (Å²) < 4.78 is 38.2. The Morgan fingerprint density at radius 1 is 1.26 bits per heavy atom. The minimum absolute atomic E-state index is 0. The van der Waals surface area contributed by atoms with Crippen LogP contribution in [0.5, 0.6) is 5.75 Å². The minimum atomic E-state index is -0.565. The van der Waals surface area contributed by atoms with E-state index in [1.165, 1.54) is 12.1 Å². The average Bonchev–Trinajstić information content (AvgIpc) is 2.66. The highest BCUT2D eigenvalue weighted by molar-refractivity contribution is 5.85. The summed E-state index contributed by atoms with van der Waals surface area (Å²) in [5.74, 6) is -0.281. The van der Waals surface area contributed by atoms with Gasteiger partial charge in [-0.25, -0.2) is 8.78 Å². The number of nitrogens with one attached hydrogen (secondary N) is 1. The van der Waals surface area contributed by atoms with Gasteiger partial charge in [0.1, 0.15) is 17.4 Å². The molecular weight excluding hydrogens is 374 g/mol. The Labute approximate surface area is 164 Å². The second-order valence-electron chi connectivity index (χ2n) is 6.44. The monoisotopic (exact) mass is 398 g/mol. The first-order valence-electron chi connectivity index (χ1n) is 8.75. The van der Waals surface area contributed by atoms with Crippen LogP contribution in [-0.4, -0.2) is 39.5 Å². The molecule has 0 spiro atoms. The molecule has 0 radical (unpaired) electrons. The minimum Gasteiger partial charge on any atom is -0.497 e. The van der Waals surface area contributed by atoms with Crippen molar-refractivity contribution in [2.45, 2.75) is 19.1 Å². The Morgan fingerprint density at radius 3 is 2.81 bits per heavy atom. The van der Waals surface area contributed by atoms with Crippen LogP contribution in [0.25, 0.3) is 0 Å². The van der Waals surface area contributed by atoms with Crippen molar-refractivity contribution in [2.75, 3.05) is 38.3 Å². The summed E-state index contributed by atoms with van der Waals surface area (Å²) in [6.07, 6.45) is -0.0683. The van der Waals surface area contributed by atoms with Crippen LogP contribution in [0, 0.1) is 11.6 Å². The molecule has 27 heavy (non-hydrogen) atoms. The van der Waals surface area contributed by atoms with Gasteiger partial charge in [-0.1, -0.05) is 12.1 Å². The average molecular weight is 399 g/mol. The first-order valence-corrected chi connectivity index (χ1v) is 8.75. The first-order chi connectivity index (χ1) is 12.6. The van der Waals surface area contributed by atoms with Crippen LogP contribution in [0.15, 0.2) is 42.5 Å². The smallest absolute Gasteiger partial charge is 0.149 e. The zero-order valence-corrected chi connectivity index (χ0v) is 16.3. The topological polar surface area (TPSA) is 33.7 Å². The number of methoxy groups -OCH3 is 1. The van der Waals surface area contributed by atoms with Gasteiger partial charge in [0.25, 0.3) is 0 Å². The van der Waals surface area contributed by atoms with Crippen LogP contribution in [0.4, 0.5) is 14.5 Å². The van der Waals surface area contributed by atoms with Crippen molar-refractivity contribution in [1.29, 1.82) is 0 Å². The van der Waals surface area contributed by atoms with Gasteiger partial charge < -0.3 is 19.7 Å². The van der Waals surface area contributed by atoms with Crippen LogP contribution < -0.4 is 15.0 Å². The largest absolute Gasteiger partial charge is 0.497 e. The van der Waals surface area contributed by atoms with E-state index in [1.807, 2.05) is 29.2 Å². The maximum Gasteiger partial charge on any atom is 0.149 e. The lowest BCUT2D eigenvalue weighted by Gasteiger charge is -2.35. The number of halogens is 3. The Kier molecular flexibility index (Phi) is 7.83. The van der Waals surface area contributed by atoms with Crippen LogP contribution in [0.3, 0.4) is 0 Å². The Hall–Kier alpha value is -1.89. The first kappa shape index (κ1) is 21.4. The van der Waals surface area contributed by atoms with E-state index >= 15 is 0 Å². The highest BCUT2D eigenvalue weighted by Gasteiger charge is 2.23. The number of hydrogen-bond acceptors (Lipinski definition) is 4. The lowest BCUT2D eigenvalue weighted by Crippen LogP contribution is -2.47. The van der Waals surface area contributed by atoms with Crippen molar-refractivity contribution in [1.82, 2.24) is 5.32 Å². The lowest BCUT2D eigenvalue weighted by molar-refractivity contribution is 0.0392. The fourth-order valence-corrected chi connectivity index (χ4v) is 3.14. The highest BCUT2D eigenvalue weighted by atomic mass is 35.5. The molecule has 1 saturated heterocycles. The van der Waals surface area contributed by atoms with Crippen molar-refractivity contribution >= 4 is 18.1 Å². The number of nitrogens with zero attached hydrogens (tertiary/aromatic N) is 1. The Bertz CT molecular complexity index is 748. The predicted molar refractivity (Wildman–Crippen MR) is 105 cm³/mol. The van der Waals surface area contributed by atoms with Gasteiger partial charge in [-0.3, -0.25) is 0 Å². The van der Waals surface area contributed by atoms with E-state index in [0.717, 1.165) is 17.4 Å². The van der Waals surface area contributed by atoms with Crippen molar-refractivity contribution < 1.29 is 18.3 Å². The molecule has 1 heterocycles. The molecule has 0 bridgehead atoms. The predicted octanol–water partition coefficient (Wildman–Crippen LogP) is 3.95. The molecule has 3 rings (SSSR count). The molecule has 1 fully saturated rings. The van der Waals surface area contributed by atoms with Crippen molar-refractivity contribution in [3.8, 4) is 5.75 Å². The molecule has 4 nitrogen and oxygen atoms in total. The number of hydrogen-bond donors (Lipinski definition) is 1. The van der Waals surface area contributed by atoms with Crippen molar-refractivity contribution in [3.05, 3.63) is 59.7 Å². The molecule has 1 N–H and O–H groups in total. The molecular formula is C20H25ClF2N2O2. The summed E-state index contributed by atoms with van der Waals surface area (Å²) in [6, 6.07) is 11.7. The third kappa shape index (κ3) is 5.54. The third-order valence-corrected chi connectivity index (χ3v) is 4.63. The van der Waals surface area contributed by atoms with Gasteiger partial charge in [0.05, 0.1) is 25.5 Å². The molecule has 7 heteroatoms. The summed E-state index contributed by atoms with van der Waals surface area (Å²) in [5.41, 5.74) is 1.54. The van der Waals surface area contributed by atoms with E-state index in [9.17, 15) is 8.78 Å². The zero-order valence-electron chi connectivity index (χ0n) is 15.5. The maximum absolute atomic E-state index is 14.0. The summed E-state index contributed by atoms with van der Waals surface area (Å²) in [7, 11) is 1.65. The maximum atomic E-state index is 14.0. The molecule has 2 unspecified atom stereocenters. The van der Waals surface area contributed by atoms with E-state index in [2.05, 4.69) is 12.2 Å². The number of anilines is 1. The van der Waals surface area contributed by atoms with E-state index in [-0.39, 0.29) is 24.6 Å². The number of rotatable bonds is 6. The van der Waals surface area contributed by atoms with Crippen LogP contribution >= 0.6 is 12.4 Å². The molecule has 2 atom stereocenters. The van der Waals surface area contributed by atoms with Gasteiger partial charge in [-0.05, 0) is 36.8 Å². The van der Waals surface area contributed by atoms with Gasteiger partial charge in [0.2, 0.25) is 0 Å². The van der Waals surface area contributed by atoms with E-state index in [1.54, 1.807) is 7.11 Å². The molecule has 2 aromatic rings. The fourth-order valence-electron chi connectivity index (χ4n) is 3.14. The van der Waals surface area contributed by atoms with Gasteiger partial charge in [0.15, 0.2) is 0 Å². The standard InChI is InChI=1S/C20H24F2N2O2.ClH/c1-14(15-4-3-5-17(10-15)25-2)23-12-18-13-24(8-9-26-18)20-7-6-16(21)11-19(20)22;/h3-7,10-11,14,18,23H,8-9,12-13H2,1-2H3;1H. The Balaban J connectivity index is 0.00000261. The summed E-state index contributed by atoms with van der Waals surface area (Å²) in [6.45, 7) is 4.37. The van der Waals surface area contributed by atoms with Gasteiger partial charge in [0, 0.05) is 31.7 Å². The van der Waals surface area contributed by atoms with E-state index in [0.29, 0.717) is 31.9 Å². The van der Waals surface area contributed by atoms with Crippen LogP contribution in [-0.2, 0) is 4.74 Å². The molecule has 148 valence electrons. The molecule has 1 aliphatic rings. The van der Waals surface area contributed by atoms with E-state index in [4.69, 9.17) is 9.47 Å². The summed E-state index contributed by atoms with van der Waals surface area (Å²) in [4.78, 5) is 1.90. The fraction of sp³-hybridized carbons (Fsp3) is 0.400. The lowest BCUT2D eigenvalue weighted by atomic mass is 10.1. The van der Waals surface area contributed by atoms with Gasteiger partial charge in [-0.2, -0.15) is 0 Å². The van der Waals surface area contributed by atoms with Crippen LogP contribution in [0.1, 0.15) is 18.5 Å². The number of benzene rings is 2. The van der Waals surface area contributed by atoms with Crippen LogP contribution in [0.2, 0.25) is 0 Å². The summed E-state index contributed by atoms with van der Waals surface area (Å²) in [5, 5.41) is 3.45.